The molecule has 0 radical (unpaired) electrons. The number of hydrogen-bond donors (Lipinski definition) is 1. The van der Waals surface area contributed by atoms with Crippen molar-refractivity contribution in [1.29, 1.82) is 0 Å². The minimum atomic E-state index is -0.337. The molecule has 1 N–H and O–H groups in total. The van der Waals surface area contributed by atoms with Crippen LogP contribution < -0.4 is 19.7 Å². The van der Waals surface area contributed by atoms with Crippen molar-refractivity contribution in [2.75, 3.05) is 18.1 Å². The van der Waals surface area contributed by atoms with E-state index in [2.05, 4.69) is 10.2 Å². The molecule has 7 heteroatoms. The van der Waals surface area contributed by atoms with Gasteiger partial charge in [-0.25, -0.2) is 0 Å². The predicted octanol–water partition coefficient (Wildman–Crippen LogP) is 4.78. The number of thiocarbonyl (C=S) groups is 1. The van der Waals surface area contributed by atoms with Crippen LogP contribution in [0.15, 0.2) is 78.6 Å². The van der Waals surface area contributed by atoms with Gasteiger partial charge in [0.05, 0.1) is 17.9 Å². The molecule has 0 spiro atoms. The number of ether oxygens (including phenoxy) is 3. The van der Waals surface area contributed by atoms with Gasteiger partial charge in [-0.3, -0.25) is 10.1 Å². The zero-order valence-corrected chi connectivity index (χ0v) is 17.2. The van der Waals surface area contributed by atoms with Gasteiger partial charge in [-0.1, -0.05) is 36.4 Å². The van der Waals surface area contributed by atoms with Crippen molar-refractivity contribution < 1.29 is 19.0 Å². The van der Waals surface area contributed by atoms with Gasteiger partial charge in [-0.2, -0.15) is 0 Å². The van der Waals surface area contributed by atoms with E-state index in [4.69, 9.17) is 26.4 Å². The van der Waals surface area contributed by atoms with Crippen LogP contribution in [0.2, 0.25) is 0 Å². The number of fused-ring (bicyclic) bond motifs is 2. The van der Waals surface area contributed by atoms with Crippen molar-refractivity contribution >= 4 is 40.8 Å². The first kappa shape index (κ1) is 19.1. The summed E-state index contributed by atoms with van der Waals surface area (Å²) in [6, 6.07) is 23.4. The highest BCUT2D eigenvalue weighted by molar-refractivity contribution is 7.80. The molecule has 0 atom stereocenters. The second kappa shape index (κ2) is 8.12. The highest BCUT2D eigenvalue weighted by Gasteiger charge is 2.24. The largest absolute Gasteiger partial charge is 0.492 e. The Morgan fingerprint density at radius 3 is 2.16 bits per heavy atom. The van der Waals surface area contributed by atoms with E-state index >= 15 is 0 Å². The van der Waals surface area contributed by atoms with Gasteiger partial charge in [0.2, 0.25) is 0 Å². The van der Waals surface area contributed by atoms with Crippen LogP contribution in [0.5, 0.6) is 17.2 Å². The molecule has 0 aromatic heterocycles. The molecule has 0 bridgehead atoms. The third-order valence-electron chi connectivity index (χ3n) is 4.94. The Kier molecular flexibility index (Phi) is 5.01. The molecule has 2 heterocycles. The number of para-hydroxylation sites is 4. The van der Waals surface area contributed by atoms with Gasteiger partial charge in [-0.15, -0.1) is 0 Å². The molecule has 3 aromatic carbocycles. The summed E-state index contributed by atoms with van der Waals surface area (Å²) >= 11 is 4.83. The fourth-order valence-electron chi connectivity index (χ4n) is 3.51. The first-order valence-electron chi connectivity index (χ1n) is 9.78. The highest BCUT2D eigenvalue weighted by atomic mass is 32.1. The molecule has 1 amide bonds. The van der Waals surface area contributed by atoms with E-state index < -0.39 is 0 Å². The number of nitrogens with one attached hydrogen (secondary N) is 1. The van der Waals surface area contributed by atoms with Crippen LogP contribution in [-0.4, -0.2) is 24.2 Å². The third-order valence-corrected chi connectivity index (χ3v) is 5.12. The molecule has 0 unspecified atom stereocenters. The average molecular weight is 430 g/mol. The normalized spacial score (nSPS) is 15.6. The van der Waals surface area contributed by atoms with E-state index in [0.717, 1.165) is 34.2 Å². The number of hydrogen-bond acceptors (Lipinski definition) is 6. The molecule has 2 aliphatic rings. The van der Waals surface area contributed by atoms with Gasteiger partial charge in [0.25, 0.3) is 11.1 Å². The average Bonchev–Trinajstić information content (AvgIpc) is 3.11. The fraction of sp³-hybridized carbons (Fsp3) is 0.0833. The Morgan fingerprint density at radius 1 is 0.903 bits per heavy atom. The molecule has 31 heavy (non-hydrogen) atoms. The number of benzene rings is 3. The molecule has 0 aliphatic carbocycles. The van der Waals surface area contributed by atoms with Crippen LogP contribution >= 0.6 is 12.2 Å². The summed E-state index contributed by atoms with van der Waals surface area (Å²) in [5.41, 5.74) is 2.84. The van der Waals surface area contributed by atoms with Crippen molar-refractivity contribution in [3.8, 4) is 17.2 Å². The number of amides is 1. The number of rotatable bonds is 5. The molecule has 0 saturated carbocycles. The van der Waals surface area contributed by atoms with Crippen LogP contribution in [0.4, 0.5) is 11.4 Å². The summed E-state index contributed by atoms with van der Waals surface area (Å²) in [5, 5.41) is 2.51. The van der Waals surface area contributed by atoms with Gasteiger partial charge in [-0.05, 0) is 60.3 Å². The first-order chi connectivity index (χ1) is 15.2. The Labute approximate surface area is 184 Å². The summed E-state index contributed by atoms with van der Waals surface area (Å²) in [5.74, 6) is 2.25. The Balaban J connectivity index is 1.26. The van der Waals surface area contributed by atoms with E-state index in [1.165, 1.54) is 0 Å². The van der Waals surface area contributed by atoms with Gasteiger partial charge < -0.3 is 19.1 Å². The summed E-state index contributed by atoms with van der Waals surface area (Å²) in [6.07, 6.45) is 1.64. The number of carbonyl (C=O) groups excluding carboxylic acids is 1. The highest BCUT2D eigenvalue weighted by Crippen LogP contribution is 2.45. The molecule has 154 valence electrons. The topological polar surface area (TPSA) is 60.0 Å². The van der Waals surface area contributed by atoms with Crippen LogP contribution in [0, 0.1) is 0 Å². The fourth-order valence-corrected chi connectivity index (χ4v) is 3.69. The standard InChI is InChI=1S/C24H18N2O4S/c27-23-22(30-24(31)25-23)15-16-9-11-17(12-10-16)28-14-13-26-18-5-1-3-7-20(18)29-21-8-4-2-6-19(21)26/h1-12,15H,13-14H2,(H,25,27,31). The summed E-state index contributed by atoms with van der Waals surface area (Å²) in [7, 11) is 0. The SMILES string of the molecule is O=C1NC(=S)OC1=Cc1ccc(OCCN2c3ccccc3Oc3ccccc32)cc1. The lowest BCUT2D eigenvalue weighted by Crippen LogP contribution is -2.26. The third kappa shape index (κ3) is 3.95. The van der Waals surface area contributed by atoms with Gasteiger partial charge in [0, 0.05) is 0 Å². The van der Waals surface area contributed by atoms with Crippen LogP contribution in [0.3, 0.4) is 0 Å². The van der Waals surface area contributed by atoms with Gasteiger partial charge in [0.15, 0.2) is 17.3 Å². The van der Waals surface area contributed by atoms with Crippen molar-refractivity contribution in [1.82, 2.24) is 5.32 Å². The van der Waals surface area contributed by atoms with Crippen molar-refractivity contribution in [3.05, 3.63) is 84.1 Å². The minimum absolute atomic E-state index is 0.0717. The second-order valence-electron chi connectivity index (χ2n) is 6.96. The molecule has 1 fully saturated rings. The van der Waals surface area contributed by atoms with E-state index in [-0.39, 0.29) is 16.8 Å². The lowest BCUT2D eigenvalue weighted by atomic mass is 10.1. The monoisotopic (exact) mass is 430 g/mol. The molecule has 3 aromatic rings. The molecule has 1 saturated heterocycles. The van der Waals surface area contributed by atoms with Crippen molar-refractivity contribution in [2.24, 2.45) is 0 Å². The molecular weight excluding hydrogens is 412 g/mol. The second-order valence-corrected chi connectivity index (χ2v) is 7.33. The van der Waals surface area contributed by atoms with E-state index in [9.17, 15) is 4.79 Å². The molecular formula is C24H18N2O4S. The summed E-state index contributed by atoms with van der Waals surface area (Å²) in [4.78, 5) is 13.9. The van der Waals surface area contributed by atoms with Crippen LogP contribution in [0.1, 0.15) is 5.56 Å². The maximum atomic E-state index is 11.7. The Morgan fingerprint density at radius 2 is 1.55 bits per heavy atom. The van der Waals surface area contributed by atoms with Crippen molar-refractivity contribution in [3.63, 3.8) is 0 Å². The number of anilines is 2. The van der Waals surface area contributed by atoms with E-state index in [1.54, 1.807) is 6.08 Å². The minimum Gasteiger partial charge on any atom is -0.492 e. The zero-order valence-electron chi connectivity index (χ0n) is 16.4. The lowest BCUT2D eigenvalue weighted by molar-refractivity contribution is -0.116. The summed E-state index contributed by atoms with van der Waals surface area (Å²) in [6.45, 7) is 1.15. The number of carbonyl (C=O) groups is 1. The van der Waals surface area contributed by atoms with Crippen LogP contribution in [-0.2, 0) is 9.53 Å². The maximum absolute atomic E-state index is 11.7. The van der Waals surface area contributed by atoms with E-state index in [1.807, 2.05) is 72.8 Å². The quantitative estimate of drug-likeness (QED) is 0.464. The molecule has 2 aliphatic heterocycles. The summed E-state index contributed by atoms with van der Waals surface area (Å²) < 4.78 is 17.2. The van der Waals surface area contributed by atoms with Gasteiger partial charge in [0.1, 0.15) is 12.4 Å². The first-order valence-corrected chi connectivity index (χ1v) is 10.2. The smallest absolute Gasteiger partial charge is 0.294 e. The van der Waals surface area contributed by atoms with Crippen LogP contribution in [0.25, 0.3) is 6.08 Å². The van der Waals surface area contributed by atoms with Gasteiger partial charge >= 0.3 is 0 Å². The molecule has 5 rings (SSSR count). The molecule has 6 nitrogen and oxygen atoms in total. The number of nitrogens with zero attached hydrogens (tertiary/aromatic N) is 1. The maximum Gasteiger partial charge on any atom is 0.294 e. The zero-order chi connectivity index (χ0) is 21.2. The Hall–Kier alpha value is -3.84. The van der Waals surface area contributed by atoms with Crippen molar-refractivity contribution in [2.45, 2.75) is 0 Å². The predicted molar refractivity (Wildman–Crippen MR) is 122 cm³/mol. The Bertz CT molecular complexity index is 1140. The van der Waals surface area contributed by atoms with E-state index in [0.29, 0.717) is 13.2 Å². The lowest BCUT2D eigenvalue weighted by Gasteiger charge is -2.32.